The van der Waals surface area contributed by atoms with Crippen molar-refractivity contribution in [3.05, 3.63) is 39.4 Å². The Morgan fingerprint density at radius 2 is 2.17 bits per heavy atom. The second-order valence-electron chi connectivity index (χ2n) is 5.85. The van der Waals surface area contributed by atoms with E-state index >= 15 is 0 Å². The summed E-state index contributed by atoms with van der Waals surface area (Å²) in [6.45, 7) is 0.216. The van der Waals surface area contributed by atoms with E-state index in [0.29, 0.717) is 15.7 Å². The molecule has 1 aliphatic rings. The Labute approximate surface area is 138 Å². The first-order valence-electron chi connectivity index (χ1n) is 7.75. The molecule has 0 bridgehead atoms. The van der Waals surface area contributed by atoms with Gasteiger partial charge in [0.25, 0.3) is 5.56 Å². The Balaban J connectivity index is 1.73. The molecule has 23 heavy (non-hydrogen) atoms. The van der Waals surface area contributed by atoms with Gasteiger partial charge in [-0.15, -0.1) is 0 Å². The van der Waals surface area contributed by atoms with Crippen LogP contribution in [0.25, 0.3) is 10.9 Å². The van der Waals surface area contributed by atoms with E-state index in [-0.39, 0.29) is 30.5 Å². The van der Waals surface area contributed by atoms with Crippen molar-refractivity contribution in [2.75, 3.05) is 0 Å². The lowest BCUT2D eigenvalue weighted by Gasteiger charge is -2.16. The Morgan fingerprint density at radius 1 is 1.39 bits per heavy atom. The van der Waals surface area contributed by atoms with Crippen molar-refractivity contribution in [3.63, 3.8) is 0 Å². The van der Waals surface area contributed by atoms with Gasteiger partial charge >= 0.3 is 0 Å². The molecule has 0 saturated heterocycles. The highest BCUT2D eigenvalue weighted by Crippen LogP contribution is 2.18. The molecule has 1 aliphatic carbocycles. The summed E-state index contributed by atoms with van der Waals surface area (Å²) in [5.41, 5.74) is 0.496. The lowest BCUT2D eigenvalue weighted by Crippen LogP contribution is -2.40. The SMILES string of the molecule is O=C(CCn1c(=S)[nH]c2ccccc2c1=O)N[C@H]1CCC[C@@H]1O. The van der Waals surface area contributed by atoms with Crippen LogP contribution in [-0.4, -0.2) is 32.7 Å². The summed E-state index contributed by atoms with van der Waals surface area (Å²) in [6.07, 6.45) is 2.12. The zero-order chi connectivity index (χ0) is 16.4. The summed E-state index contributed by atoms with van der Waals surface area (Å²) in [4.78, 5) is 27.5. The number of amides is 1. The third-order valence-corrected chi connectivity index (χ3v) is 4.60. The molecule has 0 aliphatic heterocycles. The molecule has 2 aromatic rings. The van der Waals surface area contributed by atoms with E-state index in [4.69, 9.17) is 12.2 Å². The minimum Gasteiger partial charge on any atom is -0.391 e. The first-order chi connectivity index (χ1) is 11.1. The van der Waals surface area contributed by atoms with Gasteiger partial charge in [0.2, 0.25) is 5.91 Å². The van der Waals surface area contributed by atoms with Crippen LogP contribution >= 0.6 is 12.2 Å². The van der Waals surface area contributed by atoms with Crippen molar-refractivity contribution in [2.24, 2.45) is 0 Å². The Bertz CT molecular complexity index is 842. The smallest absolute Gasteiger partial charge is 0.262 e. The summed E-state index contributed by atoms with van der Waals surface area (Å²) < 4.78 is 1.71. The molecule has 1 aromatic heterocycles. The quantitative estimate of drug-likeness (QED) is 0.740. The number of carbonyl (C=O) groups excluding carboxylic acids is 1. The highest BCUT2D eigenvalue weighted by molar-refractivity contribution is 7.71. The van der Waals surface area contributed by atoms with E-state index in [1.165, 1.54) is 4.57 Å². The van der Waals surface area contributed by atoms with Crippen LogP contribution in [0.15, 0.2) is 29.1 Å². The normalized spacial score (nSPS) is 20.7. The number of nitrogens with one attached hydrogen (secondary N) is 2. The summed E-state index contributed by atoms with van der Waals surface area (Å²) >= 11 is 5.22. The number of rotatable bonds is 4. The van der Waals surface area contributed by atoms with E-state index in [0.717, 1.165) is 19.3 Å². The zero-order valence-electron chi connectivity index (χ0n) is 12.6. The molecule has 1 amide bonds. The second-order valence-corrected chi connectivity index (χ2v) is 6.24. The van der Waals surface area contributed by atoms with Gasteiger partial charge in [0.15, 0.2) is 4.77 Å². The van der Waals surface area contributed by atoms with Crippen LogP contribution < -0.4 is 10.9 Å². The van der Waals surface area contributed by atoms with Crippen LogP contribution in [0.3, 0.4) is 0 Å². The molecule has 2 atom stereocenters. The minimum atomic E-state index is -0.467. The maximum absolute atomic E-state index is 12.5. The van der Waals surface area contributed by atoms with E-state index in [1.54, 1.807) is 18.2 Å². The van der Waals surface area contributed by atoms with Crippen molar-refractivity contribution < 1.29 is 9.90 Å². The van der Waals surface area contributed by atoms with Crippen molar-refractivity contribution in [2.45, 2.75) is 44.4 Å². The van der Waals surface area contributed by atoms with Crippen LogP contribution in [0.4, 0.5) is 0 Å². The molecular formula is C16H19N3O3S. The molecule has 6 nitrogen and oxygen atoms in total. The highest BCUT2D eigenvalue weighted by atomic mass is 32.1. The standard InChI is InChI=1S/C16H19N3O3S/c20-13-7-3-6-12(13)17-14(21)8-9-19-15(22)10-4-1-2-5-11(10)18-16(19)23/h1-2,4-5,12-13,20H,3,6-9H2,(H,17,21)(H,18,23)/t12-,13-/m0/s1. The molecule has 3 rings (SSSR count). The number of fused-ring (bicyclic) bond motifs is 1. The Hall–Kier alpha value is -1.99. The fourth-order valence-electron chi connectivity index (χ4n) is 3.00. The fourth-order valence-corrected chi connectivity index (χ4v) is 3.29. The van der Waals surface area contributed by atoms with Gasteiger partial charge < -0.3 is 15.4 Å². The number of carbonyl (C=O) groups is 1. The number of para-hydroxylation sites is 1. The van der Waals surface area contributed by atoms with Gasteiger partial charge in [-0.2, -0.15) is 0 Å². The molecule has 7 heteroatoms. The summed E-state index contributed by atoms with van der Waals surface area (Å²) in [5, 5.41) is 13.1. The van der Waals surface area contributed by atoms with Gasteiger partial charge in [-0.1, -0.05) is 12.1 Å². The van der Waals surface area contributed by atoms with E-state index in [2.05, 4.69) is 10.3 Å². The van der Waals surface area contributed by atoms with Crippen LogP contribution in [-0.2, 0) is 11.3 Å². The predicted molar refractivity (Wildman–Crippen MR) is 89.8 cm³/mol. The Morgan fingerprint density at radius 3 is 2.91 bits per heavy atom. The lowest BCUT2D eigenvalue weighted by atomic mass is 10.2. The third kappa shape index (κ3) is 3.35. The molecule has 3 N–H and O–H groups in total. The zero-order valence-corrected chi connectivity index (χ0v) is 13.4. The lowest BCUT2D eigenvalue weighted by molar-refractivity contribution is -0.122. The van der Waals surface area contributed by atoms with Gasteiger partial charge in [0, 0.05) is 13.0 Å². The van der Waals surface area contributed by atoms with E-state index < -0.39 is 6.10 Å². The molecule has 1 heterocycles. The number of aromatic nitrogens is 2. The minimum absolute atomic E-state index is 0.152. The molecule has 0 unspecified atom stereocenters. The molecule has 1 saturated carbocycles. The molecule has 1 fully saturated rings. The number of H-pyrrole nitrogens is 1. The van der Waals surface area contributed by atoms with Gasteiger partial charge in [-0.3, -0.25) is 14.2 Å². The van der Waals surface area contributed by atoms with Crippen molar-refractivity contribution >= 4 is 29.0 Å². The average Bonchev–Trinajstić information content (AvgIpc) is 2.92. The predicted octanol–water partition coefficient (Wildman–Crippen LogP) is 1.48. The number of aliphatic hydroxyl groups is 1. The first-order valence-corrected chi connectivity index (χ1v) is 8.16. The van der Waals surface area contributed by atoms with Gasteiger partial charge in [0.05, 0.1) is 23.0 Å². The molecule has 0 spiro atoms. The van der Waals surface area contributed by atoms with Gasteiger partial charge in [0.1, 0.15) is 0 Å². The highest BCUT2D eigenvalue weighted by Gasteiger charge is 2.26. The van der Waals surface area contributed by atoms with E-state index in [9.17, 15) is 14.7 Å². The maximum atomic E-state index is 12.5. The van der Waals surface area contributed by atoms with Crippen molar-refractivity contribution in [1.29, 1.82) is 0 Å². The average molecular weight is 333 g/mol. The number of nitrogens with zero attached hydrogens (tertiary/aromatic N) is 1. The summed E-state index contributed by atoms with van der Waals surface area (Å²) in [5.74, 6) is -0.176. The number of hydrogen-bond donors (Lipinski definition) is 3. The molecule has 0 radical (unpaired) electrons. The molecule has 122 valence electrons. The van der Waals surface area contributed by atoms with Crippen molar-refractivity contribution in [3.8, 4) is 0 Å². The first kappa shape index (κ1) is 15.9. The van der Waals surface area contributed by atoms with E-state index in [1.807, 2.05) is 6.07 Å². The number of benzene rings is 1. The second kappa shape index (κ2) is 6.64. The Kier molecular flexibility index (Phi) is 4.58. The third-order valence-electron chi connectivity index (χ3n) is 4.28. The monoisotopic (exact) mass is 333 g/mol. The van der Waals surface area contributed by atoms with Crippen LogP contribution in [0, 0.1) is 4.77 Å². The number of aromatic amines is 1. The van der Waals surface area contributed by atoms with Crippen LogP contribution in [0.2, 0.25) is 0 Å². The van der Waals surface area contributed by atoms with Crippen molar-refractivity contribution in [1.82, 2.24) is 14.9 Å². The number of aliphatic hydroxyl groups excluding tert-OH is 1. The van der Waals surface area contributed by atoms with Gasteiger partial charge in [-0.25, -0.2) is 0 Å². The van der Waals surface area contributed by atoms with Crippen LogP contribution in [0.1, 0.15) is 25.7 Å². The van der Waals surface area contributed by atoms with Gasteiger partial charge in [-0.05, 0) is 43.6 Å². The molecular weight excluding hydrogens is 314 g/mol. The topological polar surface area (TPSA) is 87.1 Å². The molecule has 1 aromatic carbocycles. The fraction of sp³-hybridized carbons (Fsp3) is 0.438. The maximum Gasteiger partial charge on any atom is 0.262 e. The summed E-state index contributed by atoms with van der Waals surface area (Å²) in [7, 11) is 0. The summed E-state index contributed by atoms with van der Waals surface area (Å²) in [6, 6.07) is 6.97. The van der Waals surface area contributed by atoms with Crippen LogP contribution in [0.5, 0.6) is 0 Å². The largest absolute Gasteiger partial charge is 0.391 e. The number of hydrogen-bond acceptors (Lipinski definition) is 4.